The molecule has 0 spiro atoms. The molecule has 4 rings (SSSR count). The first-order valence-corrected chi connectivity index (χ1v) is 6.95. The van der Waals surface area contributed by atoms with Gasteiger partial charge in [0.15, 0.2) is 0 Å². The Morgan fingerprint density at radius 2 is 1.91 bits per heavy atom. The number of aromatic nitrogens is 4. The molecular weight excluding hydrogens is 279 g/mol. The van der Waals surface area contributed by atoms with Crippen LogP contribution < -0.4 is 0 Å². The Balaban J connectivity index is 1.79. The Kier molecular flexibility index (Phi) is 2.79. The van der Waals surface area contributed by atoms with Crippen molar-refractivity contribution >= 4 is 11.0 Å². The van der Waals surface area contributed by atoms with Crippen LogP contribution in [0.15, 0.2) is 55.0 Å². The highest BCUT2D eigenvalue weighted by atomic mass is 19.1. The molecule has 0 aliphatic carbocycles. The molecule has 0 radical (unpaired) electrons. The van der Waals surface area contributed by atoms with E-state index in [4.69, 9.17) is 0 Å². The lowest BCUT2D eigenvalue weighted by Gasteiger charge is -1.99. The van der Waals surface area contributed by atoms with E-state index in [9.17, 15) is 4.39 Å². The average molecular weight is 292 g/mol. The van der Waals surface area contributed by atoms with Crippen molar-refractivity contribution in [2.45, 2.75) is 6.92 Å². The summed E-state index contributed by atoms with van der Waals surface area (Å²) in [4.78, 5) is 7.69. The molecule has 3 heterocycles. The van der Waals surface area contributed by atoms with Crippen molar-refractivity contribution in [1.82, 2.24) is 19.7 Å². The first-order valence-electron chi connectivity index (χ1n) is 6.95. The fourth-order valence-corrected chi connectivity index (χ4v) is 2.47. The van der Waals surface area contributed by atoms with Crippen LogP contribution in [-0.4, -0.2) is 19.7 Å². The molecule has 22 heavy (non-hydrogen) atoms. The van der Waals surface area contributed by atoms with Gasteiger partial charge in [-0.2, -0.15) is 5.10 Å². The predicted molar refractivity (Wildman–Crippen MR) is 83.3 cm³/mol. The summed E-state index contributed by atoms with van der Waals surface area (Å²) in [5, 5.41) is 5.28. The molecule has 0 atom stereocenters. The largest absolute Gasteiger partial charge is 0.339 e. The van der Waals surface area contributed by atoms with Gasteiger partial charge in [0, 0.05) is 17.3 Å². The molecule has 0 saturated heterocycles. The standard InChI is InChI=1S/C17H13FN4/c1-11-8-20-22(10-11)15-6-13-7-16(21-17(13)19-9-15)12-2-4-14(18)5-3-12/h2-10H,1H3,(H,19,21). The third kappa shape index (κ3) is 2.16. The van der Waals surface area contributed by atoms with E-state index in [-0.39, 0.29) is 5.82 Å². The number of benzene rings is 1. The number of rotatable bonds is 2. The van der Waals surface area contributed by atoms with Gasteiger partial charge in [-0.25, -0.2) is 14.1 Å². The lowest BCUT2D eigenvalue weighted by atomic mass is 10.1. The van der Waals surface area contributed by atoms with Crippen molar-refractivity contribution in [1.29, 1.82) is 0 Å². The van der Waals surface area contributed by atoms with E-state index in [1.54, 1.807) is 23.0 Å². The number of fused-ring (bicyclic) bond motifs is 1. The minimum absolute atomic E-state index is 0.241. The number of pyridine rings is 1. The summed E-state index contributed by atoms with van der Waals surface area (Å²) < 4.78 is 14.8. The van der Waals surface area contributed by atoms with Gasteiger partial charge in [0.05, 0.1) is 18.1 Å². The normalized spacial score (nSPS) is 11.2. The third-order valence-corrected chi connectivity index (χ3v) is 3.59. The van der Waals surface area contributed by atoms with Gasteiger partial charge in [-0.15, -0.1) is 0 Å². The number of hydrogen-bond donors (Lipinski definition) is 1. The molecule has 1 N–H and O–H groups in total. The van der Waals surface area contributed by atoms with E-state index in [1.165, 1.54) is 12.1 Å². The molecule has 3 aromatic heterocycles. The van der Waals surface area contributed by atoms with Gasteiger partial charge in [-0.3, -0.25) is 0 Å². The molecule has 1 aromatic carbocycles. The smallest absolute Gasteiger partial charge is 0.137 e. The number of aromatic amines is 1. The summed E-state index contributed by atoms with van der Waals surface area (Å²) in [5.41, 5.74) is 4.64. The van der Waals surface area contributed by atoms with Crippen molar-refractivity contribution in [2.75, 3.05) is 0 Å². The van der Waals surface area contributed by atoms with Gasteiger partial charge in [0.1, 0.15) is 11.5 Å². The summed E-state index contributed by atoms with van der Waals surface area (Å²) in [6.07, 6.45) is 5.54. The van der Waals surface area contributed by atoms with E-state index >= 15 is 0 Å². The Morgan fingerprint density at radius 1 is 1.09 bits per heavy atom. The molecular formula is C17H13FN4. The van der Waals surface area contributed by atoms with E-state index in [2.05, 4.69) is 15.1 Å². The minimum Gasteiger partial charge on any atom is -0.339 e. The van der Waals surface area contributed by atoms with E-state index < -0.39 is 0 Å². The molecule has 0 aliphatic heterocycles. The summed E-state index contributed by atoms with van der Waals surface area (Å²) in [5.74, 6) is -0.241. The lowest BCUT2D eigenvalue weighted by Crippen LogP contribution is -1.94. The average Bonchev–Trinajstić information content (AvgIpc) is 3.13. The van der Waals surface area contributed by atoms with Crippen LogP contribution in [-0.2, 0) is 0 Å². The van der Waals surface area contributed by atoms with Crippen molar-refractivity contribution in [3.63, 3.8) is 0 Å². The fraction of sp³-hybridized carbons (Fsp3) is 0.0588. The maximum atomic E-state index is 13.0. The first kappa shape index (κ1) is 12.8. The molecule has 4 aromatic rings. The minimum atomic E-state index is -0.241. The second-order valence-electron chi connectivity index (χ2n) is 5.28. The maximum absolute atomic E-state index is 13.0. The highest BCUT2D eigenvalue weighted by Crippen LogP contribution is 2.24. The molecule has 4 nitrogen and oxygen atoms in total. The highest BCUT2D eigenvalue weighted by Gasteiger charge is 2.07. The second-order valence-corrected chi connectivity index (χ2v) is 5.28. The zero-order valence-corrected chi connectivity index (χ0v) is 11.9. The van der Waals surface area contributed by atoms with E-state index in [0.717, 1.165) is 33.5 Å². The maximum Gasteiger partial charge on any atom is 0.137 e. The number of H-pyrrole nitrogens is 1. The van der Waals surface area contributed by atoms with Crippen LogP contribution in [0.25, 0.3) is 28.0 Å². The topological polar surface area (TPSA) is 46.5 Å². The molecule has 108 valence electrons. The Morgan fingerprint density at radius 3 is 2.64 bits per heavy atom. The molecule has 5 heteroatoms. The van der Waals surface area contributed by atoms with Crippen LogP contribution in [0.3, 0.4) is 0 Å². The van der Waals surface area contributed by atoms with Crippen molar-refractivity contribution in [2.24, 2.45) is 0 Å². The van der Waals surface area contributed by atoms with Crippen LogP contribution in [0.2, 0.25) is 0 Å². The second kappa shape index (κ2) is 4.80. The monoisotopic (exact) mass is 292 g/mol. The number of aryl methyl sites for hydroxylation is 1. The Labute approximate surface area is 126 Å². The van der Waals surface area contributed by atoms with Gasteiger partial charge >= 0.3 is 0 Å². The number of nitrogens with one attached hydrogen (secondary N) is 1. The van der Waals surface area contributed by atoms with E-state index in [0.29, 0.717) is 0 Å². The molecule has 0 fully saturated rings. The van der Waals surface area contributed by atoms with Crippen LogP contribution in [0.5, 0.6) is 0 Å². The van der Waals surface area contributed by atoms with Gasteiger partial charge in [0.2, 0.25) is 0 Å². The van der Waals surface area contributed by atoms with Gasteiger partial charge in [-0.05, 0) is 54.4 Å². The summed E-state index contributed by atoms with van der Waals surface area (Å²) in [7, 11) is 0. The molecule has 0 aliphatic rings. The van der Waals surface area contributed by atoms with E-state index in [1.807, 2.05) is 31.5 Å². The number of nitrogens with zero attached hydrogens (tertiary/aromatic N) is 3. The van der Waals surface area contributed by atoms with Crippen molar-refractivity contribution in [3.8, 4) is 16.9 Å². The fourth-order valence-electron chi connectivity index (χ4n) is 2.47. The van der Waals surface area contributed by atoms with Crippen LogP contribution in [0.4, 0.5) is 4.39 Å². The predicted octanol–water partition coefficient (Wildman–Crippen LogP) is 3.86. The molecule has 0 unspecified atom stereocenters. The lowest BCUT2D eigenvalue weighted by molar-refractivity contribution is 0.628. The van der Waals surface area contributed by atoms with Crippen LogP contribution in [0.1, 0.15) is 5.56 Å². The van der Waals surface area contributed by atoms with Crippen molar-refractivity contribution < 1.29 is 4.39 Å². The van der Waals surface area contributed by atoms with Crippen molar-refractivity contribution in [3.05, 3.63) is 66.4 Å². The van der Waals surface area contributed by atoms with Gasteiger partial charge in [0.25, 0.3) is 0 Å². The SMILES string of the molecule is Cc1cnn(-c2cnc3[nH]c(-c4ccc(F)cc4)cc3c2)c1. The first-order chi connectivity index (χ1) is 10.7. The third-order valence-electron chi connectivity index (χ3n) is 3.59. The summed E-state index contributed by atoms with van der Waals surface area (Å²) in [6.45, 7) is 2.00. The number of hydrogen-bond acceptors (Lipinski definition) is 2. The number of halogens is 1. The zero-order chi connectivity index (χ0) is 15.1. The van der Waals surface area contributed by atoms with Gasteiger partial charge < -0.3 is 4.98 Å². The quantitative estimate of drug-likeness (QED) is 0.609. The molecule has 0 amide bonds. The zero-order valence-electron chi connectivity index (χ0n) is 11.9. The van der Waals surface area contributed by atoms with Crippen LogP contribution >= 0.6 is 0 Å². The molecule has 0 bridgehead atoms. The Hall–Kier alpha value is -2.95. The Bertz CT molecular complexity index is 950. The van der Waals surface area contributed by atoms with Gasteiger partial charge in [-0.1, -0.05) is 0 Å². The highest BCUT2D eigenvalue weighted by molar-refractivity contribution is 5.84. The molecule has 0 saturated carbocycles. The summed E-state index contributed by atoms with van der Waals surface area (Å²) in [6, 6.07) is 10.4. The van der Waals surface area contributed by atoms with Crippen LogP contribution in [0, 0.1) is 12.7 Å². The summed E-state index contributed by atoms with van der Waals surface area (Å²) >= 11 is 0.